The lowest BCUT2D eigenvalue weighted by molar-refractivity contribution is -0.119. The zero-order valence-corrected chi connectivity index (χ0v) is 20.2. The van der Waals surface area contributed by atoms with Crippen molar-refractivity contribution in [3.05, 3.63) is 81.9 Å². The minimum atomic E-state index is -3.74. The highest BCUT2D eigenvalue weighted by Gasteiger charge is 2.23. The quantitative estimate of drug-likeness (QED) is 0.399. The smallest absolute Gasteiger partial charge is 0.260 e. The molecule has 0 atom stereocenters. The number of hydrogen-bond donors (Lipinski definition) is 1. The number of hydrogen-bond acceptors (Lipinski definition) is 4. The van der Waals surface area contributed by atoms with Gasteiger partial charge in [0.2, 0.25) is 10.0 Å². The first kappa shape index (κ1) is 24.5. The van der Waals surface area contributed by atoms with E-state index in [2.05, 4.69) is 10.5 Å². The Morgan fingerprint density at radius 2 is 1.85 bits per heavy atom. The molecule has 1 N–H and O–H groups in total. The largest absolute Gasteiger partial charge is 0.318 e. The number of carbonyl (C=O) groups excluding carboxylic acids is 1. The van der Waals surface area contributed by atoms with Gasteiger partial charge in [-0.1, -0.05) is 17.7 Å². The maximum Gasteiger partial charge on any atom is 0.260 e. The van der Waals surface area contributed by atoms with E-state index >= 15 is 0 Å². The standard InChI is InChI=1S/C23H24ClFN4O3S/c1-15-12-18(17(3)29(15)20-10-8-19(25)9-11-20)13-26-27-23(30)14-28(33(4,31)32)22-7-5-6-21(24)16(22)2/h5-13H,14H2,1-4H3,(H,27,30)/b26-13-. The van der Waals surface area contributed by atoms with E-state index in [0.29, 0.717) is 16.3 Å². The van der Waals surface area contributed by atoms with Crippen LogP contribution in [0, 0.1) is 26.6 Å². The van der Waals surface area contributed by atoms with Crippen molar-refractivity contribution in [1.29, 1.82) is 0 Å². The number of rotatable bonds is 7. The van der Waals surface area contributed by atoms with Crippen molar-refractivity contribution in [2.45, 2.75) is 20.8 Å². The van der Waals surface area contributed by atoms with Crippen LogP contribution in [0.1, 0.15) is 22.5 Å². The van der Waals surface area contributed by atoms with Crippen LogP contribution in [0.4, 0.5) is 10.1 Å². The van der Waals surface area contributed by atoms with Gasteiger partial charge in [0, 0.05) is 27.7 Å². The Morgan fingerprint density at radius 1 is 1.18 bits per heavy atom. The number of halogens is 2. The number of nitrogens with one attached hydrogen (secondary N) is 1. The Labute approximate surface area is 197 Å². The van der Waals surface area contributed by atoms with Crippen LogP contribution in [0.25, 0.3) is 5.69 Å². The Balaban J connectivity index is 1.76. The van der Waals surface area contributed by atoms with E-state index in [9.17, 15) is 17.6 Å². The predicted molar refractivity (Wildman–Crippen MR) is 129 cm³/mol. The molecule has 0 saturated carbocycles. The average Bonchev–Trinajstić information content (AvgIpc) is 3.02. The molecular weight excluding hydrogens is 467 g/mol. The Morgan fingerprint density at radius 3 is 2.48 bits per heavy atom. The molecule has 0 spiro atoms. The molecule has 174 valence electrons. The maximum atomic E-state index is 13.2. The summed E-state index contributed by atoms with van der Waals surface area (Å²) in [6, 6.07) is 12.9. The SMILES string of the molecule is Cc1c(Cl)cccc1N(CC(=O)N/N=C\c1cc(C)n(-c2ccc(F)cc2)c1C)S(C)(=O)=O. The van der Waals surface area contributed by atoms with Crippen molar-refractivity contribution in [1.82, 2.24) is 9.99 Å². The third kappa shape index (κ3) is 5.61. The summed E-state index contributed by atoms with van der Waals surface area (Å²) < 4.78 is 40.8. The van der Waals surface area contributed by atoms with Gasteiger partial charge in [-0.05, 0) is 68.8 Å². The van der Waals surface area contributed by atoms with Crippen LogP contribution in [0.5, 0.6) is 0 Å². The average molecular weight is 491 g/mol. The molecule has 3 aromatic rings. The summed E-state index contributed by atoms with van der Waals surface area (Å²) >= 11 is 6.11. The summed E-state index contributed by atoms with van der Waals surface area (Å²) in [4.78, 5) is 12.5. The fourth-order valence-electron chi connectivity index (χ4n) is 3.49. The molecule has 0 saturated heterocycles. The van der Waals surface area contributed by atoms with E-state index in [-0.39, 0.29) is 5.82 Å². The highest BCUT2D eigenvalue weighted by Crippen LogP contribution is 2.28. The third-order valence-electron chi connectivity index (χ3n) is 5.14. The fraction of sp³-hybridized carbons (Fsp3) is 0.217. The molecule has 3 rings (SSSR count). The summed E-state index contributed by atoms with van der Waals surface area (Å²) in [6.45, 7) is 5.02. The minimum Gasteiger partial charge on any atom is -0.318 e. The molecule has 10 heteroatoms. The van der Waals surface area contributed by atoms with Crippen LogP contribution in [0.15, 0.2) is 53.6 Å². The topological polar surface area (TPSA) is 83.8 Å². The Bertz CT molecular complexity index is 1320. The molecule has 0 aliphatic carbocycles. The molecular formula is C23H24ClFN4O3S. The lowest BCUT2D eigenvalue weighted by Crippen LogP contribution is -2.39. The number of benzene rings is 2. The fourth-order valence-corrected chi connectivity index (χ4v) is 4.57. The van der Waals surface area contributed by atoms with Crippen molar-refractivity contribution in [2.24, 2.45) is 5.10 Å². The van der Waals surface area contributed by atoms with Gasteiger partial charge < -0.3 is 4.57 Å². The van der Waals surface area contributed by atoms with Gasteiger partial charge in [-0.2, -0.15) is 5.10 Å². The van der Waals surface area contributed by atoms with Gasteiger partial charge in [0.05, 0.1) is 18.2 Å². The molecule has 33 heavy (non-hydrogen) atoms. The number of nitrogens with zero attached hydrogens (tertiary/aromatic N) is 3. The van der Waals surface area contributed by atoms with E-state index in [1.807, 2.05) is 24.5 Å². The second kappa shape index (κ2) is 9.76. The van der Waals surface area contributed by atoms with Crippen LogP contribution in [-0.4, -0.2) is 37.9 Å². The summed E-state index contributed by atoms with van der Waals surface area (Å²) in [5.41, 5.74) is 6.56. The highest BCUT2D eigenvalue weighted by atomic mass is 35.5. The van der Waals surface area contributed by atoms with Gasteiger partial charge in [0.15, 0.2) is 0 Å². The number of aromatic nitrogens is 1. The van der Waals surface area contributed by atoms with Gasteiger partial charge in [-0.15, -0.1) is 0 Å². The van der Waals surface area contributed by atoms with Crippen molar-refractivity contribution in [3.8, 4) is 5.69 Å². The summed E-state index contributed by atoms with van der Waals surface area (Å²) in [7, 11) is -3.74. The molecule has 1 amide bonds. The van der Waals surface area contributed by atoms with Gasteiger partial charge in [-0.3, -0.25) is 9.10 Å². The van der Waals surface area contributed by atoms with Gasteiger partial charge in [0.1, 0.15) is 12.4 Å². The van der Waals surface area contributed by atoms with E-state index in [1.165, 1.54) is 18.3 Å². The monoisotopic (exact) mass is 490 g/mol. The van der Waals surface area contributed by atoms with Gasteiger partial charge >= 0.3 is 0 Å². The lowest BCUT2D eigenvalue weighted by Gasteiger charge is -2.23. The molecule has 1 heterocycles. The lowest BCUT2D eigenvalue weighted by atomic mass is 10.2. The number of hydrazone groups is 1. The number of amides is 1. The van der Waals surface area contributed by atoms with E-state index in [0.717, 1.165) is 33.2 Å². The second-order valence-electron chi connectivity index (χ2n) is 7.59. The first-order chi connectivity index (χ1) is 15.5. The summed E-state index contributed by atoms with van der Waals surface area (Å²) in [5.74, 6) is -0.926. The van der Waals surface area contributed by atoms with Crippen molar-refractivity contribution in [2.75, 3.05) is 17.1 Å². The molecule has 0 aliphatic heterocycles. The van der Waals surface area contributed by atoms with Crippen molar-refractivity contribution in [3.63, 3.8) is 0 Å². The van der Waals surface area contributed by atoms with Crippen LogP contribution < -0.4 is 9.73 Å². The second-order valence-corrected chi connectivity index (χ2v) is 9.90. The molecule has 0 fully saturated rings. The van der Waals surface area contributed by atoms with Crippen molar-refractivity contribution < 1.29 is 17.6 Å². The first-order valence-corrected chi connectivity index (χ1v) is 12.2. The van der Waals surface area contributed by atoms with E-state index < -0.39 is 22.5 Å². The van der Waals surface area contributed by atoms with Gasteiger partial charge in [0.25, 0.3) is 5.91 Å². The molecule has 7 nitrogen and oxygen atoms in total. The van der Waals surface area contributed by atoms with Crippen LogP contribution in [-0.2, 0) is 14.8 Å². The highest BCUT2D eigenvalue weighted by molar-refractivity contribution is 7.92. The number of carbonyl (C=O) groups is 1. The van der Waals surface area contributed by atoms with Crippen LogP contribution in [0.2, 0.25) is 5.02 Å². The first-order valence-electron chi connectivity index (χ1n) is 9.98. The van der Waals surface area contributed by atoms with E-state index in [4.69, 9.17) is 11.6 Å². The zero-order valence-electron chi connectivity index (χ0n) is 18.6. The van der Waals surface area contributed by atoms with Crippen LogP contribution in [0.3, 0.4) is 0 Å². The zero-order chi connectivity index (χ0) is 24.3. The molecule has 0 radical (unpaired) electrons. The van der Waals surface area contributed by atoms with Gasteiger partial charge in [-0.25, -0.2) is 18.2 Å². The molecule has 0 aliphatic rings. The minimum absolute atomic E-state index is 0.318. The molecule has 0 bridgehead atoms. The predicted octanol–water partition coefficient (Wildman–Crippen LogP) is 4.11. The summed E-state index contributed by atoms with van der Waals surface area (Å²) in [5, 5.41) is 4.39. The number of anilines is 1. The van der Waals surface area contributed by atoms with Crippen LogP contribution >= 0.6 is 11.6 Å². The molecule has 0 unspecified atom stereocenters. The summed E-state index contributed by atoms with van der Waals surface area (Å²) in [6.07, 6.45) is 2.50. The normalized spacial score (nSPS) is 11.7. The molecule has 2 aromatic carbocycles. The number of sulfonamides is 1. The van der Waals surface area contributed by atoms with Crippen molar-refractivity contribution >= 4 is 39.4 Å². The number of aryl methyl sites for hydroxylation is 1. The Kier molecular flexibility index (Phi) is 7.24. The Hall–Kier alpha value is -3.17. The molecule has 1 aromatic heterocycles. The maximum absolute atomic E-state index is 13.2. The third-order valence-corrected chi connectivity index (χ3v) is 6.68. The van der Waals surface area contributed by atoms with E-state index in [1.54, 1.807) is 37.3 Å².